The van der Waals surface area contributed by atoms with E-state index in [2.05, 4.69) is 31.1 Å². The number of nitrogens with zero attached hydrogens (tertiary/aromatic N) is 2. The molecule has 8 heteroatoms. The highest BCUT2D eigenvalue weighted by molar-refractivity contribution is 9.10. The summed E-state index contributed by atoms with van der Waals surface area (Å²) in [6.45, 7) is -0.123. The molecule has 0 bridgehead atoms. The highest BCUT2D eigenvalue weighted by atomic mass is 79.9. The molecule has 1 N–H and O–H groups in total. The van der Waals surface area contributed by atoms with Gasteiger partial charge >= 0.3 is 5.97 Å². The highest BCUT2D eigenvalue weighted by Gasteiger charge is 2.17. The number of nitrogens with one attached hydrogen (secondary N) is 1. The lowest BCUT2D eigenvalue weighted by molar-refractivity contribution is 0.0432. The number of esters is 1. The molecule has 2 aromatic carbocycles. The Morgan fingerprint density at radius 2 is 2.11 bits per heavy atom. The monoisotopic (exact) mass is 427 g/mol. The number of aromatic amines is 1. The second-order valence-electron chi connectivity index (χ2n) is 5.68. The Balaban J connectivity index is 1.50. The minimum atomic E-state index is -0.476. The zero-order valence-corrected chi connectivity index (χ0v) is 15.8. The van der Waals surface area contributed by atoms with Gasteiger partial charge < -0.3 is 19.0 Å². The van der Waals surface area contributed by atoms with Gasteiger partial charge in [-0.15, -0.1) is 0 Å². The van der Waals surface area contributed by atoms with Crippen LogP contribution in [0.1, 0.15) is 16.2 Å². The first-order valence-electron chi connectivity index (χ1n) is 8.05. The molecule has 0 atom stereocenters. The molecule has 27 heavy (non-hydrogen) atoms. The predicted molar refractivity (Wildman–Crippen MR) is 101 cm³/mol. The van der Waals surface area contributed by atoms with Gasteiger partial charge in [-0.05, 0) is 30.3 Å². The van der Waals surface area contributed by atoms with Crippen molar-refractivity contribution in [3.05, 3.63) is 64.6 Å². The summed E-state index contributed by atoms with van der Waals surface area (Å²) in [5, 5.41) is 4.70. The lowest BCUT2D eigenvalue weighted by Gasteiger charge is -2.03. The van der Waals surface area contributed by atoms with Crippen LogP contribution in [0.3, 0.4) is 0 Å². The van der Waals surface area contributed by atoms with Crippen molar-refractivity contribution in [3.8, 4) is 17.1 Å². The quantitative estimate of drug-likeness (QED) is 0.476. The Labute approximate surface area is 162 Å². The third kappa shape index (κ3) is 3.43. The van der Waals surface area contributed by atoms with E-state index in [1.165, 1.54) is 0 Å². The summed E-state index contributed by atoms with van der Waals surface area (Å²) >= 11 is 3.40. The maximum absolute atomic E-state index is 12.4. The zero-order chi connectivity index (χ0) is 18.8. The molecule has 0 radical (unpaired) electrons. The van der Waals surface area contributed by atoms with Crippen LogP contribution < -0.4 is 4.74 Å². The minimum absolute atomic E-state index is 0.123. The van der Waals surface area contributed by atoms with E-state index in [1.807, 2.05) is 36.4 Å². The number of halogens is 1. The summed E-state index contributed by atoms with van der Waals surface area (Å²) in [6.07, 6.45) is 1.62. The molecule has 0 aliphatic rings. The molecule has 0 fully saturated rings. The fourth-order valence-corrected chi connectivity index (χ4v) is 3.08. The van der Waals surface area contributed by atoms with Crippen molar-refractivity contribution in [2.24, 2.45) is 0 Å². The zero-order valence-electron chi connectivity index (χ0n) is 14.2. The second-order valence-corrected chi connectivity index (χ2v) is 6.60. The van der Waals surface area contributed by atoms with E-state index < -0.39 is 5.97 Å². The number of carbonyl (C=O) groups is 1. The summed E-state index contributed by atoms with van der Waals surface area (Å²) < 4.78 is 16.7. The molecule has 0 spiro atoms. The van der Waals surface area contributed by atoms with E-state index in [4.69, 9.17) is 14.0 Å². The SMILES string of the molecule is COc1ccccc1-c1noc(COC(=O)c2c[nH]c3ccc(Br)cc23)n1. The van der Waals surface area contributed by atoms with E-state index in [-0.39, 0.29) is 12.5 Å². The molecule has 0 aliphatic carbocycles. The fourth-order valence-electron chi connectivity index (χ4n) is 2.72. The summed E-state index contributed by atoms with van der Waals surface area (Å²) in [5.74, 6) is 0.724. The van der Waals surface area contributed by atoms with Crippen molar-refractivity contribution in [1.82, 2.24) is 15.1 Å². The van der Waals surface area contributed by atoms with Gasteiger partial charge in [0.2, 0.25) is 5.82 Å². The molecule has 0 saturated carbocycles. The number of hydrogen-bond donors (Lipinski definition) is 1. The maximum atomic E-state index is 12.4. The number of para-hydroxylation sites is 1. The van der Waals surface area contributed by atoms with E-state index in [0.717, 1.165) is 15.4 Å². The summed E-state index contributed by atoms with van der Waals surface area (Å²) in [4.78, 5) is 19.7. The first-order valence-corrected chi connectivity index (χ1v) is 8.85. The molecule has 4 rings (SSSR count). The normalized spacial score (nSPS) is 10.9. The Morgan fingerprint density at radius 1 is 1.26 bits per heavy atom. The molecular formula is C19H14BrN3O4. The van der Waals surface area contributed by atoms with E-state index >= 15 is 0 Å². The standard InChI is InChI=1S/C19H14BrN3O4/c1-25-16-5-3-2-4-12(16)18-22-17(27-23-18)10-26-19(24)14-9-21-15-7-6-11(20)8-13(14)15/h2-9,21H,10H2,1H3. The van der Waals surface area contributed by atoms with Gasteiger partial charge in [-0.25, -0.2) is 4.79 Å². The van der Waals surface area contributed by atoms with Gasteiger partial charge in [0.1, 0.15) is 5.75 Å². The van der Waals surface area contributed by atoms with Crippen LogP contribution in [0.4, 0.5) is 0 Å². The molecular weight excluding hydrogens is 414 g/mol. The number of aromatic nitrogens is 3. The largest absolute Gasteiger partial charge is 0.496 e. The van der Waals surface area contributed by atoms with E-state index in [9.17, 15) is 4.79 Å². The van der Waals surface area contributed by atoms with Crippen LogP contribution in [0.5, 0.6) is 5.75 Å². The van der Waals surface area contributed by atoms with Crippen molar-refractivity contribution >= 4 is 32.8 Å². The van der Waals surface area contributed by atoms with Crippen LogP contribution in [0.15, 0.2) is 57.7 Å². The average molecular weight is 428 g/mol. The number of benzene rings is 2. The predicted octanol–water partition coefficient (Wildman–Crippen LogP) is 4.35. The lowest BCUT2D eigenvalue weighted by atomic mass is 10.2. The third-order valence-electron chi connectivity index (χ3n) is 4.01. The molecule has 0 unspecified atom stereocenters. The minimum Gasteiger partial charge on any atom is -0.496 e. The molecule has 2 aromatic heterocycles. The Bertz CT molecular complexity index is 1120. The summed E-state index contributed by atoms with van der Waals surface area (Å²) in [7, 11) is 1.57. The van der Waals surface area contributed by atoms with Crippen molar-refractivity contribution in [3.63, 3.8) is 0 Å². The van der Waals surface area contributed by atoms with Crippen molar-refractivity contribution in [1.29, 1.82) is 0 Å². The summed E-state index contributed by atoms with van der Waals surface area (Å²) in [5.41, 5.74) is 1.99. The average Bonchev–Trinajstić information content (AvgIpc) is 3.33. The molecule has 136 valence electrons. The van der Waals surface area contributed by atoms with Crippen LogP contribution in [0.25, 0.3) is 22.3 Å². The number of rotatable bonds is 5. The lowest BCUT2D eigenvalue weighted by Crippen LogP contribution is -2.04. The molecule has 0 aliphatic heterocycles. The van der Waals surface area contributed by atoms with Gasteiger partial charge in [0.25, 0.3) is 5.89 Å². The Kier molecular flexibility index (Phi) is 4.64. The molecule has 0 saturated heterocycles. The first kappa shape index (κ1) is 17.3. The Hall–Kier alpha value is -3.13. The maximum Gasteiger partial charge on any atom is 0.340 e. The van der Waals surface area contributed by atoms with Crippen LogP contribution >= 0.6 is 15.9 Å². The van der Waals surface area contributed by atoms with Gasteiger partial charge in [0, 0.05) is 21.6 Å². The highest BCUT2D eigenvalue weighted by Crippen LogP contribution is 2.27. The molecule has 2 heterocycles. The Morgan fingerprint density at radius 3 is 2.96 bits per heavy atom. The van der Waals surface area contributed by atoms with Gasteiger partial charge in [-0.2, -0.15) is 4.98 Å². The number of carbonyl (C=O) groups excluding carboxylic acids is 1. The molecule has 4 aromatic rings. The van der Waals surface area contributed by atoms with Gasteiger partial charge in [0.05, 0.1) is 18.2 Å². The summed E-state index contributed by atoms with van der Waals surface area (Å²) in [6, 6.07) is 13.0. The van der Waals surface area contributed by atoms with Crippen molar-refractivity contribution in [2.45, 2.75) is 6.61 Å². The number of fused-ring (bicyclic) bond motifs is 1. The van der Waals surface area contributed by atoms with E-state index in [1.54, 1.807) is 19.4 Å². The van der Waals surface area contributed by atoms with Crippen molar-refractivity contribution < 1.29 is 18.8 Å². The van der Waals surface area contributed by atoms with Crippen LogP contribution in [0, 0.1) is 0 Å². The third-order valence-corrected chi connectivity index (χ3v) is 4.50. The second kappa shape index (κ2) is 7.24. The number of ether oxygens (including phenoxy) is 2. The van der Waals surface area contributed by atoms with Crippen LogP contribution in [-0.2, 0) is 11.3 Å². The number of H-pyrrole nitrogens is 1. The topological polar surface area (TPSA) is 90.2 Å². The van der Waals surface area contributed by atoms with Crippen molar-refractivity contribution in [2.75, 3.05) is 7.11 Å². The molecule has 7 nitrogen and oxygen atoms in total. The molecule has 0 amide bonds. The number of hydrogen-bond acceptors (Lipinski definition) is 6. The van der Waals surface area contributed by atoms with Crippen LogP contribution in [-0.4, -0.2) is 28.2 Å². The van der Waals surface area contributed by atoms with Gasteiger partial charge in [-0.1, -0.05) is 33.2 Å². The van der Waals surface area contributed by atoms with Crippen LogP contribution in [0.2, 0.25) is 0 Å². The van der Waals surface area contributed by atoms with E-state index in [0.29, 0.717) is 22.7 Å². The fraction of sp³-hybridized carbons (Fsp3) is 0.105. The first-order chi connectivity index (χ1) is 13.2. The van der Waals surface area contributed by atoms with Gasteiger partial charge in [0.15, 0.2) is 6.61 Å². The van der Waals surface area contributed by atoms with Gasteiger partial charge in [-0.3, -0.25) is 0 Å². The smallest absolute Gasteiger partial charge is 0.340 e. The number of methoxy groups -OCH3 is 1.